The monoisotopic (exact) mass is 368 g/mol. The van der Waals surface area contributed by atoms with Gasteiger partial charge in [0.2, 0.25) is 0 Å². The number of nitrogens with zero attached hydrogens (tertiary/aromatic N) is 2. The first kappa shape index (κ1) is 16.1. The maximum Gasteiger partial charge on any atom is 0.143 e. The largest absolute Gasteiger partial charge is 0.495 e. The lowest BCUT2D eigenvalue weighted by molar-refractivity contribution is 0.158. The molecule has 1 aromatic carbocycles. The fourth-order valence-electron chi connectivity index (χ4n) is 1.69. The van der Waals surface area contributed by atoms with E-state index >= 15 is 0 Å². The van der Waals surface area contributed by atoms with Gasteiger partial charge in [0.1, 0.15) is 17.5 Å². The van der Waals surface area contributed by atoms with Crippen LogP contribution in [0.5, 0.6) is 5.75 Å². The molecule has 21 heavy (non-hydrogen) atoms. The number of anilines is 1. The highest BCUT2D eigenvalue weighted by Gasteiger charge is 2.15. The molecule has 0 aliphatic carbocycles. The van der Waals surface area contributed by atoms with Crippen molar-refractivity contribution in [3.8, 4) is 5.75 Å². The Morgan fingerprint density at radius 3 is 2.81 bits per heavy atom. The van der Waals surface area contributed by atoms with E-state index < -0.39 is 0 Å². The van der Waals surface area contributed by atoms with Crippen LogP contribution in [-0.2, 0) is 4.74 Å². The highest BCUT2D eigenvalue weighted by atomic mass is 79.9. The summed E-state index contributed by atoms with van der Waals surface area (Å²) in [6.45, 7) is 3.07. The van der Waals surface area contributed by atoms with Crippen LogP contribution in [-0.4, -0.2) is 25.4 Å². The minimum absolute atomic E-state index is 0.449. The van der Waals surface area contributed by atoms with Gasteiger partial charge in [-0.3, -0.25) is 4.31 Å². The number of hydrogen-bond acceptors (Lipinski definition) is 5. The Morgan fingerprint density at radius 1 is 1.29 bits per heavy atom. The molecule has 6 heteroatoms. The molecular weight excluding hydrogens is 352 g/mol. The number of pyridine rings is 1. The van der Waals surface area contributed by atoms with Crippen molar-refractivity contribution < 1.29 is 9.47 Å². The van der Waals surface area contributed by atoms with Crippen LogP contribution in [0.3, 0.4) is 0 Å². The van der Waals surface area contributed by atoms with Crippen molar-refractivity contribution >= 4 is 33.6 Å². The lowest BCUT2D eigenvalue weighted by atomic mass is 10.3. The molecule has 0 fully saturated rings. The maximum atomic E-state index is 5.57. The molecule has 0 spiro atoms. The summed E-state index contributed by atoms with van der Waals surface area (Å²) >= 11 is 5.02. The third kappa shape index (κ3) is 4.62. The first-order valence-corrected chi connectivity index (χ1v) is 8.09. The number of benzene rings is 1. The normalized spacial score (nSPS) is 10.4. The Balaban J connectivity index is 2.28. The Hall–Kier alpha value is -1.24. The first-order chi connectivity index (χ1) is 10.2. The van der Waals surface area contributed by atoms with Crippen molar-refractivity contribution in [1.82, 2.24) is 4.98 Å². The Morgan fingerprint density at radius 2 is 2.14 bits per heavy atom. The molecule has 4 nitrogen and oxygen atoms in total. The number of rotatable bonds is 7. The lowest BCUT2D eigenvalue weighted by Crippen LogP contribution is -2.19. The average molecular weight is 369 g/mol. The Bertz CT molecular complexity index is 569. The second-order valence-electron chi connectivity index (χ2n) is 4.08. The molecule has 2 aromatic rings. The predicted octanol–water partition coefficient (Wildman–Crippen LogP) is 4.36. The van der Waals surface area contributed by atoms with Crippen LogP contribution >= 0.6 is 27.9 Å². The summed E-state index contributed by atoms with van der Waals surface area (Å²) in [5.41, 5.74) is 0.941. The molecule has 0 amide bonds. The fraction of sp³-hybridized carbons (Fsp3) is 0.267. The molecule has 0 saturated carbocycles. The van der Waals surface area contributed by atoms with Crippen LogP contribution in [0, 0.1) is 0 Å². The quantitative estimate of drug-likeness (QED) is 0.535. The van der Waals surface area contributed by atoms with Gasteiger partial charge in [0, 0.05) is 29.2 Å². The smallest absolute Gasteiger partial charge is 0.143 e. The van der Waals surface area contributed by atoms with Gasteiger partial charge in [-0.1, -0.05) is 22.0 Å². The lowest BCUT2D eigenvalue weighted by Gasteiger charge is -2.24. The molecule has 0 N–H and O–H groups in total. The van der Waals surface area contributed by atoms with Gasteiger partial charge in [0.25, 0.3) is 0 Å². The van der Waals surface area contributed by atoms with Crippen molar-refractivity contribution in [2.75, 3.05) is 24.8 Å². The molecule has 2 rings (SSSR count). The second-order valence-corrected chi connectivity index (χ2v) is 6.03. The van der Waals surface area contributed by atoms with Crippen molar-refractivity contribution in [2.45, 2.75) is 11.9 Å². The van der Waals surface area contributed by atoms with Gasteiger partial charge in [-0.15, -0.1) is 0 Å². The summed E-state index contributed by atoms with van der Waals surface area (Å²) in [5.74, 6) is 0.793. The molecule has 1 aromatic heterocycles. The number of ether oxygens (including phenoxy) is 2. The van der Waals surface area contributed by atoms with Gasteiger partial charge >= 0.3 is 0 Å². The summed E-state index contributed by atoms with van der Waals surface area (Å²) in [4.78, 5) is 4.34. The molecule has 0 aliphatic heterocycles. The zero-order valence-electron chi connectivity index (χ0n) is 12.0. The van der Waals surface area contributed by atoms with Crippen LogP contribution in [0.1, 0.15) is 6.92 Å². The Labute approximate surface area is 137 Å². The van der Waals surface area contributed by atoms with Crippen molar-refractivity contribution in [2.24, 2.45) is 0 Å². The van der Waals surface area contributed by atoms with Gasteiger partial charge in [-0.25, -0.2) is 4.98 Å². The minimum Gasteiger partial charge on any atom is -0.495 e. The van der Waals surface area contributed by atoms with Crippen molar-refractivity contribution in [1.29, 1.82) is 0 Å². The molecule has 0 aliphatic rings. The summed E-state index contributed by atoms with van der Waals surface area (Å²) in [6.07, 6.45) is 1.78. The molecule has 0 atom stereocenters. The number of methoxy groups -OCH3 is 1. The Kier molecular flexibility index (Phi) is 6.35. The van der Waals surface area contributed by atoms with E-state index in [1.807, 2.05) is 47.6 Å². The van der Waals surface area contributed by atoms with Crippen LogP contribution in [0.15, 0.2) is 52.1 Å². The second kappa shape index (κ2) is 8.26. The third-order valence-corrected chi connectivity index (χ3v) is 4.11. The van der Waals surface area contributed by atoms with Crippen LogP contribution in [0.2, 0.25) is 0 Å². The molecule has 1 heterocycles. The summed E-state index contributed by atoms with van der Waals surface area (Å²) in [6, 6.07) is 11.7. The van der Waals surface area contributed by atoms with Crippen LogP contribution in [0.4, 0.5) is 5.69 Å². The number of aromatic nitrogens is 1. The first-order valence-electron chi connectivity index (χ1n) is 6.52. The molecule has 0 radical (unpaired) electrons. The average Bonchev–Trinajstić information content (AvgIpc) is 2.52. The maximum absolute atomic E-state index is 5.57. The van der Waals surface area contributed by atoms with Crippen LogP contribution in [0.25, 0.3) is 0 Å². The zero-order valence-corrected chi connectivity index (χ0v) is 14.4. The van der Waals surface area contributed by atoms with E-state index in [1.165, 1.54) is 11.9 Å². The topological polar surface area (TPSA) is 34.6 Å². The molecular formula is C15H17BrN2O2S. The minimum atomic E-state index is 0.449. The van der Waals surface area contributed by atoms with Gasteiger partial charge in [-0.2, -0.15) is 0 Å². The third-order valence-electron chi connectivity index (χ3n) is 2.66. The standard InChI is InChI=1S/C15H17BrN2O2S/c1-3-20-11-18(21-15-6-4-5-9-17-15)13-10-12(16)7-8-14(13)19-2/h4-10H,3,11H2,1-2H3. The fourth-order valence-corrected chi connectivity index (χ4v) is 2.88. The van der Waals surface area contributed by atoms with Gasteiger partial charge in [0.15, 0.2) is 0 Å². The van der Waals surface area contributed by atoms with E-state index in [0.29, 0.717) is 13.3 Å². The van der Waals surface area contributed by atoms with E-state index in [0.717, 1.165) is 20.9 Å². The highest BCUT2D eigenvalue weighted by Crippen LogP contribution is 2.36. The molecule has 0 bridgehead atoms. The zero-order chi connectivity index (χ0) is 15.1. The van der Waals surface area contributed by atoms with E-state index in [2.05, 4.69) is 20.9 Å². The van der Waals surface area contributed by atoms with Gasteiger partial charge in [-0.05, 0) is 37.3 Å². The summed E-state index contributed by atoms with van der Waals surface area (Å²) in [7, 11) is 1.66. The van der Waals surface area contributed by atoms with Crippen LogP contribution < -0.4 is 9.04 Å². The molecule has 0 unspecified atom stereocenters. The number of hydrogen-bond donors (Lipinski definition) is 0. The van der Waals surface area contributed by atoms with Gasteiger partial charge < -0.3 is 9.47 Å². The number of halogens is 1. The SMILES string of the molecule is CCOCN(Sc1ccccn1)c1cc(Br)ccc1OC. The van der Waals surface area contributed by atoms with E-state index in [9.17, 15) is 0 Å². The summed E-state index contributed by atoms with van der Waals surface area (Å²) in [5, 5.41) is 0.902. The molecule has 112 valence electrons. The summed E-state index contributed by atoms with van der Waals surface area (Å²) < 4.78 is 14.0. The van der Waals surface area contributed by atoms with Crippen molar-refractivity contribution in [3.05, 3.63) is 47.1 Å². The van der Waals surface area contributed by atoms with Crippen molar-refractivity contribution in [3.63, 3.8) is 0 Å². The highest BCUT2D eigenvalue weighted by molar-refractivity contribution is 9.10. The van der Waals surface area contributed by atoms with E-state index in [-0.39, 0.29) is 0 Å². The predicted molar refractivity (Wildman–Crippen MR) is 89.8 cm³/mol. The van der Waals surface area contributed by atoms with E-state index in [4.69, 9.17) is 9.47 Å². The van der Waals surface area contributed by atoms with E-state index in [1.54, 1.807) is 13.3 Å². The van der Waals surface area contributed by atoms with Gasteiger partial charge in [0.05, 0.1) is 12.8 Å². The molecule has 0 saturated heterocycles.